The molecular weight excluding hydrogens is 473 g/mol. The fourth-order valence-corrected chi connectivity index (χ4v) is 4.70. The van der Waals surface area contributed by atoms with E-state index >= 15 is 0 Å². The standard InChI is InChI=1S/C20H33BrN3O5P/c1-13(2)11-18(24-20(26)23-17-9-7-16(21)8-10-17)19(25)22-12-30(27,28-14(3)4)29-15(5)6/h7-10,13-15,18H,11-12H2,1-6H3,(H,22,25)(H2,23,24,26)/t18-/m0/s1. The van der Waals surface area contributed by atoms with Crippen LogP contribution < -0.4 is 16.0 Å². The van der Waals surface area contributed by atoms with Crippen LogP contribution in [0.5, 0.6) is 0 Å². The third kappa shape index (κ3) is 10.6. The van der Waals surface area contributed by atoms with Crippen molar-refractivity contribution < 1.29 is 23.2 Å². The van der Waals surface area contributed by atoms with E-state index in [4.69, 9.17) is 9.05 Å². The summed E-state index contributed by atoms with van der Waals surface area (Å²) in [7, 11) is -3.52. The van der Waals surface area contributed by atoms with Crippen molar-refractivity contribution in [3.63, 3.8) is 0 Å². The third-order valence-corrected chi connectivity index (χ3v) is 6.18. The van der Waals surface area contributed by atoms with Crippen molar-refractivity contribution in [3.05, 3.63) is 28.7 Å². The molecule has 0 aliphatic rings. The lowest BCUT2D eigenvalue weighted by molar-refractivity contribution is -0.123. The van der Waals surface area contributed by atoms with Crippen LogP contribution in [0.4, 0.5) is 10.5 Å². The number of hydrogen-bond acceptors (Lipinski definition) is 5. The molecule has 10 heteroatoms. The minimum atomic E-state index is -3.52. The van der Waals surface area contributed by atoms with E-state index in [1.165, 1.54) is 0 Å². The topological polar surface area (TPSA) is 106 Å². The molecule has 1 rings (SSSR count). The molecule has 0 aromatic heterocycles. The van der Waals surface area contributed by atoms with Crippen LogP contribution in [0, 0.1) is 5.92 Å². The number of benzene rings is 1. The lowest BCUT2D eigenvalue weighted by Crippen LogP contribution is -2.49. The molecule has 0 saturated carbocycles. The Balaban J connectivity index is 2.78. The molecule has 0 fully saturated rings. The van der Waals surface area contributed by atoms with Gasteiger partial charge in [-0.25, -0.2) is 4.79 Å². The van der Waals surface area contributed by atoms with Gasteiger partial charge in [0.25, 0.3) is 0 Å². The van der Waals surface area contributed by atoms with Gasteiger partial charge in [0.05, 0.1) is 12.2 Å². The number of halogens is 1. The highest BCUT2D eigenvalue weighted by molar-refractivity contribution is 9.10. The number of anilines is 1. The van der Waals surface area contributed by atoms with Crippen LogP contribution in [0.3, 0.4) is 0 Å². The van der Waals surface area contributed by atoms with Crippen molar-refractivity contribution in [1.29, 1.82) is 0 Å². The Morgan fingerprint density at radius 2 is 1.53 bits per heavy atom. The molecule has 0 heterocycles. The van der Waals surface area contributed by atoms with Gasteiger partial charge in [-0.05, 0) is 64.3 Å². The monoisotopic (exact) mass is 505 g/mol. The van der Waals surface area contributed by atoms with E-state index in [9.17, 15) is 14.2 Å². The highest BCUT2D eigenvalue weighted by Gasteiger charge is 2.30. The summed E-state index contributed by atoms with van der Waals surface area (Å²) in [6.07, 6.45) is -0.507. The van der Waals surface area contributed by atoms with E-state index in [0.29, 0.717) is 12.1 Å². The number of carbonyl (C=O) groups excluding carboxylic acids is 2. The molecule has 1 aromatic carbocycles. The van der Waals surface area contributed by atoms with Crippen LogP contribution >= 0.6 is 23.5 Å². The SMILES string of the molecule is CC(C)C[C@H](NC(=O)Nc1ccc(Br)cc1)C(=O)NCP(=O)(OC(C)C)OC(C)C. The second-order valence-electron chi connectivity index (χ2n) is 7.91. The number of amides is 3. The molecule has 3 amide bonds. The second-order valence-corrected chi connectivity index (χ2v) is 10.8. The van der Waals surface area contributed by atoms with Crippen LogP contribution in [0.1, 0.15) is 48.0 Å². The van der Waals surface area contributed by atoms with Crippen LogP contribution in [0.2, 0.25) is 0 Å². The first-order valence-corrected chi connectivity index (χ1v) is 12.5. The Kier molecular flexibility index (Phi) is 11.0. The molecule has 8 nitrogen and oxygen atoms in total. The maximum Gasteiger partial charge on any atom is 0.350 e. The maximum atomic E-state index is 12.9. The van der Waals surface area contributed by atoms with Gasteiger partial charge >= 0.3 is 13.6 Å². The third-order valence-electron chi connectivity index (χ3n) is 3.62. The number of hydrogen-bond donors (Lipinski definition) is 3. The van der Waals surface area contributed by atoms with E-state index in [1.807, 2.05) is 13.8 Å². The predicted octanol–water partition coefficient (Wildman–Crippen LogP) is 5.10. The maximum absolute atomic E-state index is 12.9. The molecular formula is C20H33BrN3O5P. The van der Waals surface area contributed by atoms with Crippen LogP contribution in [-0.4, -0.2) is 36.5 Å². The first-order chi connectivity index (χ1) is 13.9. The minimum absolute atomic E-state index is 0.152. The van der Waals surface area contributed by atoms with Crippen molar-refractivity contribution >= 4 is 41.2 Å². The normalized spacial score (nSPS) is 12.9. The zero-order valence-electron chi connectivity index (χ0n) is 18.4. The Hall–Kier alpha value is -1.41. The number of urea groups is 1. The van der Waals surface area contributed by atoms with Crippen molar-refractivity contribution in [3.8, 4) is 0 Å². The van der Waals surface area contributed by atoms with Crippen molar-refractivity contribution in [2.75, 3.05) is 11.6 Å². The van der Waals surface area contributed by atoms with E-state index in [0.717, 1.165) is 4.47 Å². The van der Waals surface area contributed by atoms with Gasteiger partial charge in [0, 0.05) is 10.2 Å². The van der Waals surface area contributed by atoms with Crippen LogP contribution in [0.15, 0.2) is 28.7 Å². The van der Waals surface area contributed by atoms with Gasteiger partial charge in [0.2, 0.25) is 5.91 Å². The van der Waals surface area contributed by atoms with E-state index in [-0.39, 0.29) is 24.4 Å². The average molecular weight is 506 g/mol. The molecule has 1 aromatic rings. The van der Waals surface area contributed by atoms with Crippen LogP contribution in [0.25, 0.3) is 0 Å². The Bertz CT molecular complexity index is 726. The fourth-order valence-electron chi connectivity index (χ4n) is 2.60. The molecule has 170 valence electrons. The molecule has 1 atom stereocenters. The smallest absolute Gasteiger partial charge is 0.343 e. The summed E-state index contributed by atoms with van der Waals surface area (Å²) in [5, 5.41) is 8.00. The van der Waals surface area contributed by atoms with Gasteiger partial charge in [-0.2, -0.15) is 0 Å². The second kappa shape index (κ2) is 12.4. The zero-order valence-corrected chi connectivity index (χ0v) is 20.9. The fraction of sp³-hybridized carbons (Fsp3) is 0.600. The molecule has 0 saturated heterocycles. The van der Waals surface area contributed by atoms with E-state index in [2.05, 4.69) is 31.9 Å². The highest BCUT2D eigenvalue weighted by atomic mass is 79.9. The van der Waals surface area contributed by atoms with Gasteiger partial charge < -0.3 is 25.0 Å². The van der Waals surface area contributed by atoms with Crippen molar-refractivity contribution in [2.24, 2.45) is 5.92 Å². The highest BCUT2D eigenvalue weighted by Crippen LogP contribution is 2.49. The Labute approximate surface area is 187 Å². The number of carbonyl (C=O) groups is 2. The summed E-state index contributed by atoms with van der Waals surface area (Å²) >= 11 is 3.34. The molecule has 0 radical (unpaired) electrons. The van der Waals surface area contributed by atoms with Gasteiger partial charge in [-0.15, -0.1) is 0 Å². The molecule has 0 spiro atoms. The number of nitrogens with one attached hydrogen (secondary N) is 3. The predicted molar refractivity (Wildman–Crippen MR) is 123 cm³/mol. The van der Waals surface area contributed by atoms with E-state index in [1.54, 1.807) is 52.0 Å². The number of rotatable bonds is 11. The van der Waals surface area contributed by atoms with E-state index < -0.39 is 25.6 Å². The average Bonchev–Trinajstić information content (AvgIpc) is 2.59. The van der Waals surface area contributed by atoms with Gasteiger partial charge in [-0.3, -0.25) is 9.36 Å². The van der Waals surface area contributed by atoms with Crippen LogP contribution in [-0.2, 0) is 18.4 Å². The summed E-state index contributed by atoms with van der Waals surface area (Å²) in [5.74, 6) is -0.297. The summed E-state index contributed by atoms with van der Waals surface area (Å²) in [6, 6.07) is 5.78. The van der Waals surface area contributed by atoms with Gasteiger partial charge in [0.15, 0.2) is 0 Å². The summed E-state index contributed by atoms with van der Waals surface area (Å²) < 4.78 is 24.7. The lowest BCUT2D eigenvalue weighted by atomic mass is 10.0. The lowest BCUT2D eigenvalue weighted by Gasteiger charge is -2.25. The molecule has 0 bridgehead atoms. The van der Waals surface area contributed by atoms with Crippen molar-refractivity contribution in [1.82, 2.24) is 10.6 Å². The van der Waals surface area contributed by atoms with Gasteiger partial charge in [0.1, 0.15) is 12.3 Å². The molecule has 30 heavy (non-hydrogen) atoms. The quantitative estimate of drug-likeness (QED) is 0.362. The molecule has 0 unspecified atom stereocenters. The molecule has 3 N–H and O–H groups in total. The largest absolute Gasteiger partial charge is 0.350 e. The Morgan fingerprint density at radius 1 is 1.00 bits per heavy atom. The summed E-state index contributed by atoms with van der Waals surface area (Å²) in [6.45, 7) is 10.9. The zero-order chi connectivity index (χ0) is 22.9. The Morgan fingerprint density at radius 3 is 2.00 bits per heavy atom. The minimum Gasteiger partial charge on any atom is -0.343 e. The van der Waals surface area contributed by atoms with Gasteiger partial charge in [-0.1, -0.05) is 29.8 Å². The molecule has 0 aliphatic carbocycles. The molecule has 0 aliphatic heterocycles. The first-order valence-electron chi connectivity index (χ1n) is 9.97. The summed E-state index contributed by atoms with van der Waals surface area (Å²) in [4.78, 5) is 25.1. The van der Waals surface area contributed by atoms with Crippen molar-refractivity contribution in [2.45, 2.75) is 66.2 Å². The summed E-state index contributed by atoms with van der Waals surface area (Å²) in [5.41, 5.74) is 0.597. The first kappa shape index (κ1) is 26.6.